The van der Waals surface area contributed by atoms with Crippen LogP contribution in [0.25, 0.3) is 11.6 Å². The van der Waals surface area contributed by atoms with E-state index in [1.807, 2.05) is 20.8 Å². The Bertz CT molecular complexity index is 2230. The molecule has 4 aromatic rings. The Morgan fingerprint density at radius 2 is 1.40 bits per heavy atom. The van der Waals surface area contributed by atoms with Gasteiger partial charge >= 0.3 is 5.97 Å². The van der Waals surface area contributed by atoms with Gasteiger partial charge in [0.15, 0.2) is 0 Å². The molecule has 302 valence electrons. The molecule has 1 saturated heterocycles. The van der Waals surface area contributed by atoms with Crippen LogP contribution in [-0.2, 0) is 29.3 Å². The van der Waals surface area contributed by atoms with Gasteiger partial charge in [-0.15, -0.1) is 0 Å². The number of Topliss-reactive ketones (excluding diaryl/α,β-unsaturated/α-hetero) is 1. The molecule has 3 aliphatic rings. The summed E-state index contributed by atoms with van der Waals surface area (Å²) in [7, 11) is 0. The van der Waals surface area contributed by atoms with Gasteiger partial charge in [0.2, 0.25) is 5.91 Å². The van der Waals surface area contributed by atoms with Crippen LogP contribution >= 0.6 is 46.4 Å². The second kappa shape index (κ2) is 18.9. The van der Waals surface area contributed by atoms with Crippen molar-refractivity contribution in [2.24, 2.45) is 5.73 Å². The summed E-state index contributed by atoms with van der Waals surface area (Å²) in [5.41, 5.74) is 5.96. The number of ether oxygens (including phenoxy) is 1. The highest BCUT2D eigenvalue weighted by atomic mass is 35.5. The maximum atomic E-state index is 15.3. The fraction of sp³-hybridized carbons (Fsp3) is 0.286. The number of hydrogen-bond donors (Lipinski definition) is 4. The third-order valence-electron chi connectivity index (χ3n) is 9.22. The summed E-state index contributed by atoms with van der Waals surface area (Å²) in [6.45, 7) is 11.2. The first-order valence-corrected chi connectivity index (χ1v) is 19.3. The monoisotopic (exact) mass is 860 g/mol. The van der Waals surface area contributed by atoms with Gasteiger partial charge in [0.25, 0.3) is 5.91 Å². The molecule has 0 radical (unpaired) electrons. The van der Waals surface area contributed by atoms with Crippen LogP contribution in [0.2, 0.25) is 20.1 Å². The van der Waals surface area contributed by atoms with E-state index in [9.17, 15) is 23.6 Å². The van der Waals surface area contributed by atoms with E-state index in [4.69, 9.17) is 56.9 Å². The number of halogens is 6. The van der Waals surface area contributed by atoms with E-state index in [2.05, 4.69) is 16.0 Å². The minimum Gasteiger partial charge on any atom is -0.465 e. The number of fused-ring (bicyclic) bond motifs is 3. The summed E-state index contributed by atoms with van der Waals surface area (Å²) in [6, 6.07) is 18.5. The van der Waals surface area contributed by atoms with Gasteiger partial charge in [-0.25, -0.2) is 8.78 Å². The summed E-state index contributed by atoms with van der Waals surface area (Å²) >= 11 is 23.8. The predicted octanol–water partition coefficient (Wildman–Crippen LogP) is 9.61. The molecule has 1 spiro atoms. The number of carbonyl (C=O) groups excluding carboxylic acids is 4. The predicted molar refractivity (Wildman–Crippen MR) is 224 cm³/mol. The lowest BCUT2D eigenvalue weighted by molar-refractivity contribution is -0.145. The summed E-state index contributed by atoms with van der Waals surface area (Å²) in [4.78, 5) is 47.9. The summed E-state index contributed by atoms with van der Waals surface area (Å²) < 4.78 is 34.4. The van der Waals surface area contributed by atoms with E-state index in [0.29, 0.717) is 38.1 Å². The van der Waals surface area contributed by atoms with Crippen LogP contribution in [0, 0.1) is 11.6 Å². The van der Waals surface area contributed by atoms with Crippen molar-refractivity contribution < 1.29 is 32.7 Å². The van der Waals surface area contributed by atoms with Crippen LogP contribution in [0.15, 0.2) is 72.8 Å². The molecule has 4 aromatic carbocycles. The molecule has 0 aromatic heterocycles. The number of hydrogen-bond acceptors (Lipinski definition) is 7. The minimum atomic E-state index is -1.30. The van der Waals surface area contributed by atoms with Crippen molar-refractivity contribution in [2.75, 3.05) is 23.8 Å². The Balaban J connectivity index is 0.000000229. The molecule has 3 atom stereocenters. The highest BCUT2D eigenvalue weighted by Crippen LogP contribution is 2.59. The molecule has 3 heterocycles. The molecule has 2 amide bonds. The number of rotatable bonds is 4. The molecule has 57 heavy (non-hydrogen) atoms. The second-order valence-electron chi connectivity index (χ2n) is 13.7. The lowest BCUT2D eigenvalue weighted by Gasteiger charge is -2.40. The molecular formula is C42H42Cl4F2N4O5. The Morgan fingerprint density at radius 1 is 0.842 bits per heavy atom. The zero-order chi connectivity index (χ0) is 42.4. The van der Waals surface area contributed by atoms with Crippen LogP contribution < -0.4 is 21.7 Å². The zero-order valence-electron chi connectivity index (χ0n) is 32.0. The van der Waals surface area contributed by atoms with Crippen LogP contribution in [0.5, 0.6) is 0 Å². The third kappa shape index (κ3) is 9.35. The van der Waals surface area contributed by atoms with E-state index in [0.717, 1.165) is 6.54 Å². The number of esters is 1. The topological polar surface area (TPSA) is 140 Å². The number of nitrogens with one attached hydrogen (secondary N) is 3. The fourth-order valence-electron chi connectivity index (χ4n) is 7.16. The highest BCUT2D eigenvalue weighted by Gasteiger charge is 2.69. The lowest BCUT2D eigenvalue weighted by atomic mass is 9.60. The SMILES string of the molecule is CC(C)=O.CCN.CCOC(=O)[C@@H]1NC(C)(C)[C@@]2(C(=O)Nc3cc(Cl)ccc32)[C@H]1c1cccc(Cl)c1F.O=C1Nc2cc(Cl)ccc2C1=Cc1cccc(Cl)c1F. The van der Waals surface area contributed by atoms with E-state index in [-0.39, 0.29) is 45.4 Å². The largest absolute Gasteiger partial charge is 0.465 e. The highest BCUT2D eigenvalue weighted by molar-refractivity contribution is 6.37. The van der Waals surface area contributed by atoms with Crippen molar-refractivity contribution in [3.05, 3.63) is 127 Å². The van der Waals surface area contributed by atoms with Crippen LogP contribution in [0.4, 0.5) is 20.2 Å². The quantitative estimate of drug-likeness (QED) is 0.118. The number of ketones is 1. The Labute approximate surface area is 350 Å². The van der Waals surface area contributed by atoms with Crippen molar-refractivity contribution in [2.45, 2.75) is 64.5 Å². The summed E-state index contributed by atoms with van der Waals surface area (Å²) in [5.74, 6) is -3.12. The van der Waals surface area contributed by atoms with Gasteiger partial charge in [0.05, 0.1) is 22.3 Å². The molecule has 7 rings (SSSR count). The number of anilines is 2. The van der Waals surface area contributed by atoms with Gasteiger partial charge < -0.3 is 25.9 Å². The fourth-order valence-corrected chi connectivity index (χ4v) is 7.87. The normalized spacial score (nSPS) is 20.1. The number of nitrogens with two attached hydrogens (primary N) is 1. The van der Waals surface area contributed by atoms with Gasteiger partial charge in [-0.2, -0.15) is 0 Å². The molecule has 0 unspecified atom stereocenters. The van der Waals surface area contributed by atoms with E-state index in [1.165, 1.54) is 32.1 Å². The molecule has 5 N–H and O–H groups in total. The molecule has 15 heteroatoms. The van der Waals surface area contributed by atoms with Crippen molar-refractivity contribution in [3.8, 4) is 0 Å². The van der Waals surface area contributed by atoms with Crippen LogP contribution in [0.3, 0.4) is 0 Å². The van der Waals surface area contributed by atoms with Gasteiger partial charge in [-0.1, -0.05) is 89.7 Å². The molecule has 3 aliphatic heterocycles. The molecule has 0 aliphatic carbocycles. The minimum absolute atomic E-state index is 0.0223. The van der Waals surface area contributed by atoms with Gasteiger partial charge in [0.1, 0.15) is 28.9 Å². The van der Waals surface area contributed by atoms with Crippen molar-refractivity contribution in [1.29, 1.82) is 0 Å². The molecule has 1 fully saturated rings. The first-order chi connectivity index (χ1) is 26.9. The standard InChI is InChI=1S/C22H21Cl2FN2O3.C15H8Cl2FNO.C3H6O.C2H7N/c1-4-30-19(28)18-16(12-6-5-7-14(24)17(12)25)22(21(2,3)27-18)13-9-8-11(23)10-15(13)26-20(22)29;16-9-4-5-10-11(15(20)19-13(10)7-9)6-8-2-1-3-12(17)14(8)18;1-3(2)4;1-2-3/h5-10,16,18,27H,4H2,1-3H3,(H,26,29);1-7H,(H,19,20);1-2H3;2-3H2,1H3/t16-,18+,22+;;;/m0.../s1. The van der Waals surface area contributed by atoms with Crippen molar-refractivity contribution in [1.82, 2.24) is 5.32 Å². The van der Waals surface area contributed by atoms with Gasteiger partial charge in [-0.3, -0.25) is 19.7 Å². The van der Waals surface area contributed by atoms with Gasteiger partial charge in [0, 0.05) is 43.9 Å². The van der Waals surface area contributed by atoms with Crippen LogP contribution in [0.1, 0.15) is 69.7 Å². The van der Waals surface area contributed by atoms with Crippen molar-refractivity contribution >= 4 is 93.0 Å². The maximum Gasteiger partial charge on any atom is 0.323 e. The first-order valence-electron chi connectivity index (χ1n) is 17.8. The first kappa shape index (κ1) is 45.3. The zero-order valence-corrected chi connectivity index (χ0v) is 35.0. The second-order valence-corrected chi connectivity index (χ2v) is 15.4. The van der Waals surface area contributed by atoms with E-state index in [1.54, 1.807) is 67.6 Å². The van der Waals surface area contributed by atoms with Crippen molar-refractivity contribution in [3.63, 3.8) is 0 Å². The summed E-state index contributed by atoms with van der Waals surface area (Å²) in [6.07, 6.45) is 1.48. The average Bonchev–Trinajstić information content (AvgIpc) is 3.69. The lowest BCUT2D eigenvalue weighted by Crippen LogP contribution is -2.55. The van der Waals surface area contributed by atoms with Gasteiger partial charge in [-0.05, 0) is 94.8 Å². The smallest absolute Gasteiger partial charge is 0.323 e. The Kier molecular flexibility index (Phi) is 15.1. The molecule has 9 nitrogen and oxygen atoms in total. The Hall–Kier alpha value is -4.36. The maximum absolute atomic E-state index is 15.3. The van der Waals surface area contributed by atoms with E-state index < -0.39 is 40.5 Å². The number of amides is 2. The molecular weight excluding hydrogens is 820 g/mol. The third-order valence-corrected chi connectivity index (χ3v) is 10.3. The van der Waals surface area contributed by atoms with E-state index >= 15 is 4.39 Å². The average molecular weight is 863 g/mol. The van der Waals surface area contributed by atoms with Crippen LogP contribution in [-0.4, -0.2) is 48.3 Å². The molecule has 0 saturated carbocycles. The summed E-state index contributed by atoms with van der Waals surface area (Å²) in [5, 5.41) is 9.76. The Morgan fingerprint density at radius 3 is 2.02 bits per heavy atom. The number of carbonyl (C=O) groups is 4. The number of benzene rings is 4. The molecule has 0 bridgehead atoms.